The number of rotatable bonds is 4. The Morgan fingerprint density at radius 2 is 2.11 bits per heavy atom. The molecule has 1 aliphatic heterocycles. The van der Waals surface area contributed by atoms with Crippen molar-refractivity contribution in [2.24, 2.45) is 0 Å². The second kappa shape index (κ2) is 5.72. The van der Waals surface area contributed by atoms with Gasteiger partial charge in [-0.2, -0.15) is 0 Å². The fourth-order valence-electron chi connectivity index (χ4n) is 2.34. The Labute approximate surface area is 114 Å². The third kappa shape index (κ3) is 3.55. The zero-order valence-corrected chi connectivity index (χ0v) is 11.5. The first-order valence-electron chi connectivity index (χ1n) is 6.69. The van der Waals surface area contributed by atoms with Crippen LogP contribution in [0.3, 0.4) is 0 Å². The summed E-state index contributed by atoms with van der Waals surface area (Å²) in [7, 11) is 0. The molecular formula is C15H21NO3. The standard InChI is InChI=1S/C15H21NO3/c1-12(2)19-14(17)15(18)8-9-16(11-15)10-13-6-4-3-5-7-13/h3-7,12,18H,8-11H2,1-2H3. The lowest BCUT2D eigenvalue weighted by Gasteiger charge is -2.23. The van der Waals surface area contributed by atoms with Gasteiger partial charge in [0.05, 0.1) is 6.10 Å². The van der Waals surface area contributed by atoms with Gasteiger partial charge >= 0.3 is 5.97 Å². The topological polar surface area (TPSA) is 49.8 Å². The zero-order chi connectivity index (χ0) is 13.9. The Hall–Kier alpha value is -1.39. The number of benzene rings is 1. The number of carbonyl (C=O) groups is 1. The van der Waals surface area contributed by atoms with Gasteiger partial charge in [-0.3, -0.25) is 4.90 Å². The molecule has 1 N–H and O–H groups in total. The van der Waals surface area contributed by atoms with Crippen molar-refractivity contribution in [3.8, 4) is 0 Å². The maximum absolute atomic E-state index is 11.9. The molecule has 0 saturated carbocycles. The molecule has 104 valence electrons. The molecule has 19 heavy (non-hydrogen) atoms. The quantitative estimate of drug-likeness (QED) is 0.838. The summed E-state index contributed by atoms with van der Waals surface area (Å²) in [5, 5.41) is 10.3. The van der Waals surface area contributed by atoms with Gasteiger partial charge in [0, 0.05) is 26.1 Å². The maximum atomic E-state index is 11.9. The number of nitrogens with zero attached hydrogens (tertiary/aromatic N) is 1. The van der Waals surface area contributed by atoms with Crippen LogP contribution in [0.15, 0.2) is 30.3 Å². The van der Waals surface area contributed by atoms with E-state index in [1.807, 2.05) is 30.3 Å². The van der Waals surface area contributed by atoms with Crippen LogP contribution in [0, 0.1) is 0 Å². The largest absolute Gasteiger partial charge is 0.461 e. The molecule has 4 heteroatoms. The summed E-state index contributed by atoms with van der Waals surface area (Å²) in [6.07, 6.45) is 0.241. The van der Waals surface area contributed by atoms with E-state index >= 15 is 0 Å². The van der Waals surface area contributed by atoms with E-state index in [0.29, 0.717) is 19.5 Å². The molecule has 1 saturated heterocycles. The predicted octanol–water partition coefficient (Wildman–Crippen LogP) is 1.57. The number of carbonyl (C=O) groups excluding carboxylic acids is 1. The lowest BCUT2D eigenvalue weighted by Crippen LogP contribution is -2.43. The van der Waals surface area contributed by atoms with Crippen LogP contribution in [0.2, 0.25) is 0 Å². The van der Waals surface area contributed by atoms with E-state index in [1.54, 1.807) is 13.8 Å². The van der Waals surface area contributed by atoms with Crippen LogP contribution in [-0.2, 0) is 16.1 Å². The average molecular weight is 263 g/mol. The van der Waals surface area contributed by atoms with Gasteiger partial charge in [-0.15, -0.1) is 0 Å². The number of ether oxygens (including phenoxy) is 1. The molecule has 1 atom stereocenters. The van der Waals surface area contributed by atoms with Crippen molar-refractivity contribution in [3.63, 3.8) is 0 Å². The highest BCUT2D eigenvalue weighted by Crippen LogP contribution is 2.24. The molecule has 1 unspecified atom stereocenters. The summed E-state index contributed by atoms with van der Waals surface area (Å²) < 4.78 is 5.12. The molecular weight excluding hydrogens is 242 g/mol. The molecule has 0 bridgehead atoms. The molecule has 0 amide bonds. The molecule has 0 radical (unpaired) electrons. The summed E-state index contributed by atoms with van der Waals surface area (Å²) in [5.74, 6) is -0.502. The molecule has 0 spiro atoms. The van der Waals surface area contributed by atoms with E-state index in [4.69, 9.17) is 4.74 Å². The molecule has 0 aromatic heterocycles. The van der Waals surface area contributed by atoms with Gasteiger partial charge in [0.1, 0.15) is 0 Å². The Balaban J connectivity index is 1.94. The minimum atomic E-state index is -1.35. The number of hydrogen-bond acceptors (Lipinski definition) is 4. The molecule has 2 rings (SSSR count). The first-order valence-corrected chi connectivity index (χ1v) is 6.69. The van der Waals surface area contributed by atoms with Crippen molar-refractivity contribution in [1.82, 2.24) is 4.90 Å². The van der Waals surface area contributed by atoms with E-state index < -0.39 is 11.6 Å². The van der Waals surface area contributed by atoms with Crippen LogP contribution in [0.25, 0.3) is 0 Å². The van der Waals surface area contributed by atoms with E-state index in [1.165, 1.54) is 5.56 Å². The number of esters is 1. The number of likely N-dealkylation sites (tertiary alicyclic amines) is 1. The van der Waals surface area contributed by atoms with E-state index in [2.05, 4.69) is 4.90 Å². The van der Waals surface area contributed by atoms with E-state index in [-0.39, 0.29) is 6.10 Å². The first-order chi connectivity index (χ1) is 8.99. The van der Waals surface area contributed by atoms with Gasteiger partial charge in [-0.25, -0.2) is 4.79 Å². The van der Waals surface area contributed by atoms with Crippen LogP contribution < -0.4 is 0 Å². The molecule has 4 nitrogen and oxygen atoms in total. The van der Waals surface area contributed by atoms with Gasteiger partial charge in [-0.05, 0) is 19.4 Å². The fraction of sp³-hybridized carbons (Fsp3) is 0.533. The first kappa shape index (κ1) is 14.0. The van der Waals surface area contributed by atoms with Gasteiger partial charge < -0.3 is 9.84 Å². The van der Waals surface area contributed by atoms with E-state index in [9.17, 15) is 9.90 Å². The monoisotopic (exact) mass is 263 g/mol. The van der Waals surface area contributed by atoms with Crippen molar-refractivity contribution < 1.29 is 14.6 Å². The molecule has 1 fully saturated rings. The normalized spacial score (nSPS) is 23.8. The Morgan fingerprint density at radius 1 is 1.42 bits per heavy atom. The minimum absolute atomic E-state index is 0.195. The fourth-order valence-corrected chi connectivity index (χ4v) is 2.34. The SMILES string of the molecule is CC(C)OC(=O)C1(O)CCN(Cc2ccccc2)C1. The van der Waals surface area contributed by atoms with Crippen LogP contribution in [0.5, 0.6) is 0 Å². The maximum Gasteiger partial charge on any atom is 0.339 e. The molecule has 1 aromatic carbocycles. The summed E-state index contributed by atoms with van der Waals surface area (Å²) in [6, 6.07) is 10.0. The highest BCUT2D eigenvalue weighted by Gasteiger charge is 2.44. The van der Waals surface area contributed by atoms with Crippen molar-refractivity contribution in [2.75, 3.05) is 13.1 Å². The van der Waals surface area contributed by atoms with Gasteiger partial charge in [0.25, 0.3) is 0 Å². The number of hydrogen-bond donors (Lipinski definition) is 1. The van der Waals surface area contributed by atoms with Crippen molar-refractivity contribution in [2.45, 2.75) is 38.5 Å². The van der Waals surface area contributed by atoms with Crippen LogP contribution >= 0.6 is 0 Å². The van der Waals surface area contributed by atoms with Gasteiger partial charge in [0.2, 0.25) is 0 Å². The Morgan fingerprint density at radius 3 is 2.74 bits per heavy atom. The Kier molecular flexibility index (Phi) is 4.22. The highest BCUT2D eigenvalue weighted by atomic mass is 16.6. The third-order valence-corrected chi connectivity index (χ3v) is 3.30. The zero-order valence-electron chi connectivity index (χ0n) is 11.5. The van der Waals surface area contributed by atoms with Crippen molar-refractivity contribution >= 4 is 5.97 Å². The highest BCUT2D eigenvalue weighted by molar-refractivity contribution is 5.80. The summed E-state index contributed by atoms with van der Waals surface area (Å²) in [5.41, 5.74) is -0.164. The second-order valence-corrected chi connectivity index (χ2v) is 5.43. The van der Waals surface area contributed by atoms with Crippen LogP contribution in [-0.4, -0.2) is 40.8 Å². The molecule has 0 aliphatic carbocycles. The predicted molar refractivity (Wildman–Crippen MR) is 72.5 cm³/mol. The smallest absolute Gasteiger partial charge is 0.339 e. The number of β-amino-alcohol motifs (C(OH)–C–C–N with tert-alkyl or cyclic N) is 1. The molecule has 1 heterocycles. The van der Waals surface area contributed by atoms with Crippen molar-refractivity contribution in [3.05, 3.63) is 35.9 Å². The summed E-state index contributed by atoms with van der Waals surface area (Å²) >= 11 is 0. The molecule has 1 aliphatic rings. The van der Waals surface area contributed by atoms with E-state index in [0.717, 1.165) is 6.54 Å². The van der Waals surface area contributed by atoms with Gasteiger partial charge in [-0.1, -0.05) is 30.3 Å². The van der Waals surface area contributed by atoms with Crippen LogP contribution in [0.4, 0.5) is 0 Å². The minimum Gasteiger partial charge on any atom is -0.461 e. The lowest BCUT2D eigenvalue weighted by atomic mass is 10.0. The average Bonchev–Trinajstić information content (AvgIpc) is 2.73. The van der Waals surface area contributed by atoms with Gasteiger partial charge in [0.15, 0.2) is 5.60 Å². The molecule has 1 aromatic rings. The van der Waals surface area contributed by atoms with Crippen LogP contribution in [0.1, 0.15) is 25.8 Å². The number of aliphatic hydroxyl groups is 1. The Bertz CT molecular complexity index is 432. The summed E-state index contributed by atoms with van der Waals surface area (Å²) in [4.78, 5) is 14.0. The second-order valence-electron chi connectivity index (χ2n) is 5.43. The summed E-state index contributed by atoms with van der Waals surface area (Å²) in [6.45, 7) is 5.38. The lowest BCUT2D eigenvalue weighted by molar-refractivity contribution is -0.168. The third-order valence-electron chi connectivity index (χ3n) is 3.30. The van der Waals surface area contributed by atoms with Crippen molar-refractivity contribution in [1.29, 1.82) is 0 Å².